The Morgan fingerprint density at radius 3 is 2.63 bits per heavy atom. The van der Waals surface area contributed by atoms with Crippen molar-refractivity contribution in [3.63, 3.8) is 0 Å². The first-order valence-corrected chi connectivity index (χ1v) is 10.9. The largest absolute Gasteiger partial charge is 0.342 e. The number of aliphatic imine (C=N–C) groups is 1. The minimum atomic E-state index is -3.59. The first kappa shape index (κ1) is 19.8. The third-order valence-electron chi connectivity index (χ3n) is 4.83. The van der Waals surface area contributed by atoms with Crippen molar-refractivity contribution in [1.82, 2.24) is 19.6 Å². The number of hydrogen-bond donors (Lipinski definition) is 2. The Labute approximate surface area is 174 Å². The van der Waals surface area contributed by atoms with Crippen molar-refractivity contribution in [1.29, 1.82) is 0 Å². The molecule has 0 saturated carbocycles. The Balaban J connectivity index is 1.47. The van der Waals surface area contributed by atoms with Crippen LogP contribution < -0.4 is 10.0 Å². The lowest BCUT2D eigenvalue weighted by molar-refractivity contribution is -0.121. The maximum absolute atomic E-state index is 12.6. The molecule has 154 valence electrons. The van der Waals surface area contributed by atoms with Crippen LogP contribution in [-0.2, 0) is 21.9 Å². The van der Waals surface area contributed by atoms with Crippen molar-refractivity contribution in [3.8, 4) is 0 Å². The first-order chi connectivity index (χ1) is 14.5. The van der Waals surface area contributed by atoms with E-state index in [-0.39, 0.29) is 29.6 Å². The molecule has 30 heavy (non-hydrogen) atoms. The van der Waals surface area contributed by atoms with Crippen LogP contribution in [0.2, 0.25) is 0 Å². The molecule has 2 N–H and O–H groups in total. The van der Waals surface area contributed by atoms with Crippen molar-refractivity contribution < 1.29 is 13.2 Å². The van der Waals surface area contributed by atoms with Crippen LogP contribution >= 0.6 is 0 Å². The van der Waals surface area contributed by atoms with Crippen molar-refractivity contribution in [2.24, 2.45) is 12.0 Å². The summed E-state index contributed by atoms with van der Waals surface area (Å²) < 4.78 is 28.6. The number of nitrogens with zero attached hydrogens (tertiary/aromatic N) is 3. The van der Waals surface area contributed by atoms with Crippen LogP contribution in [0.4, 0.5) is 0 Å². The second-order valence-corrected chi connectivity index (χ2v) is 8.54. The number of carbonyl (C=O) groups is 1. The number of hydrogen-bond acceptors (Lipinski definition) is 5. The number of fused-ring (bicyclic) bond motifs is 1. The predicted octanol–water partition coefficient (Wildman–Crippen LogP) is 1.75. The van der Waals surface area contributed by atoms with Crippen LogP contribution in [0, 0.1) is 0 Å². The molecule has 0 radical (unpaired) electrons. The van der Waals surface area contributed by atoms with Gasteiger partial charge >= 0.3 is 0 Å². The number of benzene rings is 2. The minimum Gasteiger partial charge on any atom is -0.342 e. The molecule has 0 bridgehead atoms. The zero-order valence-corrected chi connectivity index (χ0v) is 17.1. The van der Waals surface area contributed by atoms with E-state index in [0.717, 1.165) is 11.4 Å². The molecule has 1 aliphatic rings. The van der Waals surface area contributed by atoms with Gasteiger partial charge in [0, 0.05) is 31.4 Å². The lowest BCUT2D eigenvalue weighted by atomic mass is 10.1. The molecule has 1 aromatic heterocycles. The van der Waals surface area contributed by atoms with Gasteiger partial charge in [0.15, 0.2) is 0 Å². The summed E-state index contributed by atoms with van der Waals surface area (Å²) in [6.07, 6.45) is 3.63. The van der Waals surface area contributed by atoms with Crippen molar-refractivity contribution in [2.75, 3.05) is 6.54 Å². The lowest BCUT2D eigenvalue weighted by Crippen LogP contribution is -2.31. The van der Waals surface area contributed by atoms with E-state index in [1.807, 2.05) is 48.1 Å². The summed E-state index contributed by atoms with van der Waals surface area (Å²) in [5.41, 5.74) is 1.44. The highest BCUT2D eigenvalue weighted by molar-refractivity contribution is 7.90. The molecule has 3 aromatic rings. The normalized spacial score (nSPS) is 16.6. The summed E-state index contributed by atoms with van der Waals surface area (Å²) in [4.78, 5) is 21.5. The van der Waals surface area contributed by atoms with E-state index in [1.165, 1.54) is 6.07 Å². The van der Waals surface area contributed by atoms with Crippen molar-refractivity contribution in [3.05, 3.63) is 83.9 Å². The molecular formula is C21H21N5O3S. The molecule has 0 saturated heterocycles. The van der Waals surface area contributed by atoms with Crippen LogP contribution in [0.15, 0.2) is 76.9 Å². The van der Waals surface area contributed by atoms with Gasteiger partial charge in [0.05, 0.1) is 11.4 Å². The Hall–Kier alpha value is -3.46. The van der Waals surface area contributed by atoms with Gasteiger partial charge < -0.3 is 9.88 Å². The molecule has 2 aromatic carbocycles. The summed E-state index contributed by atoms with van der Waals surface area (Å²) >= 11 is 0. The summed E-state index contributed by atoms with van der Waals surface area (Å²) in [5, 5.41) is 3.01. The average molecular weight is 423 g/mol. The molecular weight excluding hydrogens is 402 g/mol. The number of amides is 1. The summed E-state index contributed by atoms with van der Waals surface area (Å²) in [7, 11) is -1.71. The molecule has 1 aliphatic heterocycles. The van der Waals surface area contributed by atoms with Gasteiger partial charge in [0.1, 0.15) is 17.7 Å². The number of sulfonamides is 1. The third-order valence-corrected chi connectivity index (χ3v) is 6.22. The van der Waals surface area contributed by atoms with Crippen LogP contribution in [0.1, 0.15) is 29.4 Å². The highest BCUT2D eigenvalue weighted by Gasteiger charge is 2.30. The molecule has 0 aliphatic carbocycles. The predicted molar refractivity (Wildman–Crippen MR) is 112 cm³/mol. The highest BCUT2D eigenvalue weighted by Crippen LogP contribution is 2.22. The highest BCUT2D eigenvalue weighted by atomic mass is 32.2. The molecule has 0 unspecified atom stereocenters. The zero-order chi connectivity index (χ0) is 21.1. The Bertz CT molecular complexity index is 1200. The fourth-order valence-corrected chi connectivity index (χ4v) is 4.60. The van der Waals surface area contributed by atoms with E-state index < -0.39 is 16.1 Å². The van der Waals surface area contributed by atoms with Gasteiger partial charge in [0.25, 0.3) is 10.0 Å². The van der Waals surface area contributed by atoms with Gasteiger partial charge in [-0.05, 0) is 17.7 Å². The number of aromatic nitrogens is 2. The lowest BCUT2D eigenvalue weighted by Gasteiger charge is -2.19. The molecule has 8 nitrogen and oxygen atoms in total. The number of aryl methyl sites for hydroxylation is 1. The van der Waals surface area contributed by atoms with Crippen LogP contribution in [0.5, 0.6) is 0 Å². The second kappa shape index (κ2) is 8.11. The fourth-order valence-electron chi connectivity index (χ4n) is 3.35. The summed E-state index contributed by atoms with van der Waals surface area (Å²) in [6.45, 7) is 0.153. The Morgan fingerprint density at radius 2 is 1.90 bits per heavy atom. The van der Waals surface area contributed by atoms with E-state index >= 15 is 0 Å². The topological polar surface area (TPSA) is 105 Å². The standard InChI is InChI=1S/C21H21N5O3S/c1-26-14-13-23-21(26)19(15-7-3-2-4-8-15)24-18(27)11-12-22-20-16-9-5-6-10-17(16)30(28,29)25-20/h2-10,13-14,19H,11-12H2,1H3,(H,22,25)(H,24,27)/t19-/m0/s1. The van der Waals surface area contributed by atoms with Gasteiger partial charge in [-0.2, -0.15) is 0 Å². The Morgan fingerprint density at radius 1 is 1.17 bits per heavy atom. The van der Waals surface area contributed by atoms with Gasteiger partial charge in [-0.3, -0.25) is 14.5 Å². The number of imidazole rings is 1. The zero-order valence-electron chi connectivity index (χ0n) is 16.3. The quantitative estimate of drug-likeness (QED) is 0.630. The smallest absolute Gasteiger partial charge is 0.263 e. The summed E-state index contributed by atoms with van der Waals surface area (Å²) in [5.74, 6) is 0.783. The maximum atomic E-state index is 12.6. The van der Waals surface area contributed by atoms with E-state index in [1.54, 1.807) is 24.4 Å². The number of amidine groups is 1. The van der Waals surface area contributed by atoms with Gasteiger partial charge in [0.2, 0.25) is 5.91 Å². The molecule has 0 fully saturated rings. The van der Waals surface area contributed by atoms with E-state index in [0.29, 0.717) is 5.56 Å². The fraction of sp³-hybridized carbons (Fsp3) is 0.190. The van der Waals surface area contributed by atoms with E-state index in [4.69, 9.17) is 0 Å². The molecule has 1 amide bonds. The number of nitrogens with one attached hydrogen (secondary N) is 2. The van der Waals surface area contributed by atoms with Crippen molar-refractivity contribution >= 4 is 21.8 Å². The molecule has 0 spiro atoms. The van der Waals surface area contributed by atoms with Crippen LogP contribution in [0.3, 0.4) is 0 Å². The summed E-state index contributed by atoms with van der Waals surface area (Å²) in [6, 6.07) is 15.8. The van der Waals surface area contributed by atoms with E-state index in [2.05, 4.69) is 20.0 Å². The van der Waals surface area contributed by atoms with E-state index in [9.17, 15) is 13.2 Å². The number of carbonyl (C=O) groups excluding carboxylic acids is 1. The minimum absolute atomic E-state index is 0.112. The van der Waals surface area contributed by atoms with Gasteiger partial charge in [-0.25, -0.2) is 13.4 Å². The maximum Gasteiger partial charge on any atom is 0.263 e. The molecule has 9 heteroatoms. The monoisotopic (exact) mass is 423 g/mol. The van der Waals surface area contributed by atoms with Crippen LogP contribution in [0.25, 0.3) is 0 Å². The van der Waals surface area contributed by atoms with Crippen molar-refractivity contribution in [2.45, 2.75) is 17.4 Å². The second-order valence-electron chi connectivity index (χ2n) is 6.89. The third kappa shape index (κ3) is 3.97. The van der Waals surface area contributed by atoms with Gasteiger partial charge in [-0.15, -0.1) is 0 Å². The SMILES string of the molecule is Cn1ccnc1[C@@H](NC(=O)CCN=C1NS(=O)(=O)c2ccccc21)c1ccccc1. The molecule has 1 atom stereocenters. The Kier molecular flexibility index (Phi) is 5.37. The first-order valence-electron chi connectivity index (χ1n) is 9.44. The number of rotatable bonds is 6. The van der Waals surface area contributed by atoms with Gasteiger partial charge in [-0.1, -0.05) is 42.5 Å². The average Bonchev–Trinajstić information content (AvgIpc) is 3.28. The molecule has 4 rings (SSSR count). The van der Waals surface area contributed by atoms with Crippen LogP contribution in [-0.4, -0.2) is 36.3 Å². The molecule has 2 heterocycles.